The fourth-order valence-electron chi connectivity index (χ4n) is 2.21. The standard InChI is InChI=1S/C14H14N4O/c1-2-18-13-6-4-3-5-11(13)12(16-18)9-17-10-15-8-7-14(17)19/h3-8,10H,2,9H2,1H3. The van der Waals surface area contributed by atoms with Crippen LogP contribution in [0.5, 0.6) is 0 Å². The molecule has 5 heteroatoms. The summed E-state index contributed by atoms with van der Waals surface area (Å²) in [7, 11) is 0. The Hall–Kier alpha value is -2.43. The highest BCUT2D eigenvalue weighted by atomic mass is 16.1. The van der Waals surface area contributed by atoms with Crippen molar-refractivity contribution in [3.63, 3.8) is 0 Å². The van der Waals surface area contributed by atoms with Crippen LogP contribution in [-0.2, 0) is 13.1 Å². The summed E-state index contributed by atoms with van der Waals surface area (Å²) in [6.45, 7) is 3.31. The maximum atomic E-state index is 11.7. The van der Waals surface area contributed by atoms with Gasteiger partial charge in [0.05, 0.1) is 24.1 Å². The van der Waals surface area contributed by atoms with Crippen molar-refractivity contribution >= 4 is 10.9 Å². The molecule has 0 amide bonds. The van der Waals surface area contributed by atoms with Crippen LogP contribution in [0.15, 0.2) is 47.7 Å². The molecular formula is C14H14N4O. The first kappa shape index (κ1) is 11.6. The number of aryl methyl sites for hydroxylation is 1. The predicted molar refractivity (Wildman–Crippen MR) is 73.0 cm³/mol. The van der Waals surface area contributed by atoms with Crippen LogP contribution in [-0.4, -0.2) is 19.3 Å². The van der Waals surface area contributed by atoms with Crippen molar-refractivity contribution in [1.29, 1.82) is 0 Å². The third kappa shape index (κ3) is 2.03. The second kappa shape index (κ2) is 4.68. The van der Waals surface area contributed by atoms with E-state index in [4.69, 9.17) is 0 Å². The minimum Gasteiger partial charge on any atom is -0.293 e. The lowest BCUT2D eigenvalue weighted by Gasteiger charge is -2.01. The normalized spacial score (nSPS) is 11.0. The number of aromatic nitrogens is 4. The zero-order valence-electron chi connectivity index (χ0n) is 10.7. The number of rotatable bonds is 3. The van der Waals surface area contributed by atoms with Crippen molar-refractivity contribution in [2.24, 2.45) is 0 Å². The van der Waals surface area contributed by atoms with Gasteiger partial charge in [0.25, 0.3) is 5.56 Å². The average molecular weight is 254 g/mol. The van der Waals surface area contributed by atoms with Crippen molar-refractivity contribution in [3.05, 3.63) is 58.9 Å². The molecule has 2 heterocycles. The number of fused-ring (bicyclic) bond motifs is 1. The lowest BCUT2D eigenvalue weighted by Crippen LogP contribution is -2.19. The van der Waals surface area contributed by atoms with Crippen molar-refractivity contribution in [3.8, 4) is 0 Å². The van der Waals surface area contributed by atoms with Gasteiger partial charge in [-0.05, 0) is 13.0 Å². The van der Waals surface area contributed by atoms with Crippen molar-refractivity contribution < 1.29 is 0 Å². The molecule has 0 bridgehead atoms. The Morgan fingerprint density at radius 2 is 2.05 bits per heavy atom. The van der Waals surface area contributed by atoms with Crippen LogP contribution < -0.4 is 5.56 Å². The molecule has 19 heavy (non-hydrogen) atoms. The molecule has 0 aliphatic heterocycles. The van der Waals surface area contributed by atoms with E-state index in [2.05, 4.69) is 17.0 Å². The SMILES string of the molecule is CCn1nc(Cn2cnccc2=O)c2ccccc21. The molecule has 3 rings (SSSR count). The largest absolute Gasteiger partial charge is 0.293 e. The van der Waals surface area contributed by atoms with E-state index in [1.165, 1.54) is 12.3 Å². The maximum absolute atomic E-state index is 11.7. The molecule has 0 fully saturated rings. The molecule has 0 radical (unpaired) electrons. The van der Waals surface area contributed by atoms with Crippen molar-refractivity contribution in [2.75, 3.05) is 0 Å². The fourth-order valence-corrected chi connectivity index (χ4v) is 2.21. The van der Waals surface area contributed by atoms with Crippen LogP contribution in [0.3, 0.4) is 0 Å². The van der Waals surface area contributed by atoms with E-state index < -0.39 is 0 Å². The molecule has 0 aliphatic carbocycles. The molecule has 0 N–H and O–H groups in total. The van der Waals surface area contributed by atoms with E-state index in [0.717, 1.165) is 23.1 Å². The molecule has 0 unspecified atom stereocenters. The van der Waals surface area contributed by atoms with Crippen LogP contribution in [0.25, 0.3) is 10.9 Å². The van der Waals surface area contributed by atoms with Gasteiger partial charge in [0.15, 0.2) is 0 Å². The fraction of sp³-hybridized carbons (Fsp3) is 0.214. The first-order chi connectivity index (χ1) is 9.29. The molecule has 0 aliphatic rings. The Kier molecular flexibility index (Phi) is 2.87. The minimum absolute atomic E-state index is 0.0647. The van der Waals surface area contributed by atoms with Gasteiger partial charge in [-0.2, -0.15) is 5.10 Å². The third-order valence-electron chi connectivity index (χ3n) is 3.15. The Bertz CT molecular complexity index is 772. The molecular weight excluding hydrogens is 240 g/mol. The van der Waals surface area contributed by atoms with E-state index >= 15 is 0 Å². The summed E-state index contributed by atoms with van der Waals surface area (Å²) in [6, 6.07) is 9.52. The maximum Gasteiger partial charge on any atom is 0.253 e. The predicted octanol–water partition coefficient (Wildman–Crippen LogP) is 1.66. The van der Waals surface area contributed by atoms with Gasteiger partial charge < -0.3 is 0 Å². The lowest BCUT2D eigenvalue weighted by molar-refractivity contribution is 0.644. The molecule has 2 aromatic heterocycles. The Morgan fingerprint density at radius 1 is 1.21 bits per heavy atom. The van der Waals surface area contributed by atoms with Crippen LogP contribution in [0.4, 0.5) is 0 Å². The summed E-state index contributed by atoms with van der Waals surface area (Å²) in [5, 5.41) is 5.66. The number of hydrogen-bond donors (Lipinski definition) is 0. The van der Waals surface area contributed by atoms with Gasteiger partial charge >= 0.3 is 0 Å². The zero-order valence-corrected chi connectivity index (χ0v) is 10.7. The Balaban J connectivity index is 2.11. The second-order valence-corrected chi connectivity index (χ2v) is 4.33. The van der Waals surface area contributed by atoms with Gasteiger partial charge in [-0.1, -0.05) is 18.2 Å². The van der Waals surface area contributed by atoms with Gasteiger partial charge in [0.2, 0.25) is 0 Å². The van der Waals surface area contributed by atoms with Crippen LogP contribution in [0.2, 0.25) is 0 Å². The third-order valence-corrected chi connectivity index (χ3v) is 3.15. The van der Waals surface area contributed by atoms with E-state index in [1.54, 1.807) is 10.9 Å². The number of para-hydroxylation sites is 1. The molecule has 5 nitrogen and oxygen atoms in total. The topological polar surface area (TPSA) is 52.7 Å². The van der Waals surface area contributed by atoms with Gasteiger partial charge in [0, 0.05) is 24.2 Å². The number of nitrogens with zero attached hydrogens (tertiary/aromatic N) is 4. The first-order valence-corrected chi connectivity index (χ1v) is 6.24. The van der Waals surface area contributed by atoms with Crippen LogP contribution >= 0.6 is 0 Å². The van der Waals surface area contributed by atoms with E-state index in [1.807, 2.05) is 28.9 Å². The van der Waals surface area contributed by atoms with Gasteiger partial charge in [0.1, 0.15) is 0 Å². The molecule has 1 aromatic carbocycles. The highest BCUT2D eigenvalue weighted by Gasteiger charge is 2.09. The average Bonchev–Trinajstić information content (AvgIpc) is 2.80. The summed E-state index contributed by atoms with van der Waals surface area (Å²) in [5.41, 5.74) is 1.93. The summed E-state index contributed by atoms with van der Waals surface area (Å²) >= 11 is 0. The van der Waals surface area contributed by atoms with Crippen LogP contribution in [0.1, 0.15) is 12.6 Å². The Labute approximate surface area is 110 Å². The van der Waals surface area contributed by atoms with E-state index in [-0.39, 0.29) is 5.56 Å². The quantitative estimate of drug-likeness (QED) is 0.714. The molecule has 96 valence electrons. The number of hydrogen-bond acceptors (Lipinski definition) is 3. The van der Waals surface area contributed by atoms with Crippen LogP contribution in [0, 0.1) is 0 Å². The van der Waals surface area contributed by atoms with E-state index in [9.17, 15) is 4.79 Å². The highest BCUT2D eigenvalue weighted by molar-refractivity contribution is 5.81. The van der Waals surface area contributed by atoms with Gasteiger partial charge in [-0.3, -0.25) is 14.0 Å². The summed E-state index contributed by atoms with van der Waals surface area (Å²) in [4.78, 5) is 15.7. The zero-order chi connectivity index (χ0) is 13.2. The first-order valence-electron chi connectivity index (χ1n) is 6.24. The van der Waals surface area contributed by atoms with E-state index in [0.29, 0.717) is 6.54 Å². The molecule has 0 spiro atoms. The number of benzene rings is 1. The highest BCUT2D eigenvalue weighted by Crippen LogP contribution is 2.18. The summed E-state index contributed by atoms with van der Waals surface area (Å²) < 4.78 is 3.51. The molecule has 0 saturated heterocycles. The summed E-state index contributed by atoms with van der Waals surface area (Å²) in [5.74, 6) is 0. The Morgan fingerprint density at radius 3 is 2.84 bits per heavy atom. The van der Waals surface area contributed by atoms with Gasteiger partial charge in [-0.25, -0.2) is 4.98 Å². The van der Waals surface area contributed by atoms with Crippen molar-refractivity contribution in [1.82, 2.24) is 19.3 Å². The second-order valence-electron chi connectivity index (χ2n) is 4.33. The molecule has 0 saturated carbocycles. The monoisotopic (exact) mass is 254 g/mol. The van der Waals surface area contributed by atoms with Gasteiger partial charge in [-0.15, -0.1) is 0 Å². The van der Waals surface area contributed by atoms with Crippen molar-refractivity contribution in [2.45, 2.75) is 20.0 Å². The smallest absolute Gasteiger partial charge is 0.253 e. The summed E-state index contributed by atoms with van der Waals surface area (Å²) in [6.07, 6.45) is 3.05. The lowest BCUT2D eigenvalue weighted by atomic mass is 10.2. The molecule has 3 aromatic rings. The molecule has 0 atom stereocenters. The minimum atomic E-state index is -0.0647.